The zero-order chi connectivity index (χ0) is 22.5. The van der Waals surface area contributed by atoms with Gasteiger partial charge in [0, 0.05) is 22.5 Å². The molecule has 160 valence electrons. The molecule has 0 aliphatic carbocycles. The third-order valence-corrected chi connectivity index (χ3v) is 6.58. The molecule has 3 nitrogen and oxygen atoms in total. The Morgan fingerprint density at radius 3 is 1.68 bits per heavy atom. The van der Waals surface area contributed by atoms with Crippen LogP contribution in [0.4, 0.5) is 0 Å². The molecule has 0 radical (unpaired) electrons. The molecule has 3 aromatic heterocycles. The Bertz CT molecular complexity index is 1740. The number of para-hydroxylation sites is 2. The summed E-state index contributed by atoms with van der Waals surface area (Å²) in [5.74, 6) is 0.898. The van der Waals surface area contributed by atoms with E-state index in [0.717, 1.165) is 33.8 Å². The molecular formula is C31H21N3. The second kappa shape index (κ2) is 7.46. The molecule has 0 saturated carbocycles. The lowest BCUT2D eigenvalue weighted by Gasteiger charge is -2.06. The van der Waals surface area contributed by atoms with E-state index < -0.39 is 0 Å². The topological polar surface area (TPSA) is 22.2 Å². The van der Waals surface area contributed by atoms with Crippen molar-refractivity contribution in [1.82, 2.24) is 14.0 Å². The zero-order valence-corrected chi connectivity index (χ0v) is 18.5. The Hall–Kier alpha value is -4.63. The number of pyridine rings is 1. The van der Waals surface area contributed by atoms with E-state index >= 15 is 0 Å². The third kappa shape index (κ3) is 2.81. The van der Waals surface area contributed by atoms with Crippen molar-refractivity contribution in [3.05, 3.63) is 128 Å². The summed E-state index contributed by atoms with van der Waals surface area (Å²) in [5.41, 5.74) is 7.92. The fraction of sp³-hybridized carbons (Fsp3) is 0. The predicted octanol–water partition coefficient (Wildman–Crippen LogP) is 7.77. The van der Waals surface area contributed by atoms with Gasteiger partial charge in [0.15, 0.2) is 0 Å². The summed E-state index contributed by atoms with van der Waals surface area (Å²) in [6, 6.07) is 42.6. The number of benzene rings is 4. The Morgan fingerprint density at radius 1 is 0.441 bits per heavy atom. The largest absolute Gasteiger partial charge is 0.285 e. The lowest BCUT2D eigenvalue weighted by atomic mass is 10.0. The minimum Gasteiger partial charge on any atom is -0.285 e. The molecule has 0 saturated heterocycles. The Balaban J connectivity index is 1.47. The molecular weight excluding hydrogens is 414 g/mol. The number of aromatic nitrogens is 3. The van der Waals surface area contributed by atoms with E-state index in [1.807, 2.05) is 6.07 Å². The van der Waals surface area contributed by atoms with Crippen LogP contribution in [0.15, 0.2) is 128 Å². The van der Waals surface area contributed by atoms with Crippen LogP contribution in [0.2, 0.25) is 0 Å². The number of nitrogens with zero attached hydrogens (tertiary/aromatic N) is 3. The molecule has 0 atom stereocenters. The monoisotopic (exact) mass is 435 g/mol. The van der Waals surface area contributed by atoms with Crippen molar-refractivity contribution in [1.29, 1.82) is 0 Å². The molecule has 7 aromatic rings. The van der Waals surface area contributed by atoms with Gasteiger partial charge in [-0.25, -0.2) is 4.98 Å². The molecule has 34 heavy (non-hydrogen) atoms. The summed E-state index contributed by atoms with van der Waals surface area (Å²) < 4.78 is 4.47. The van der Waals surface area contributed by atoms with Gasteiger partial charge in [-0.05, 0) is 35.4 Å². The van der Waals surface area contributed by atoms with Crippen LogP contribution < -0.4 is 0 Å². The Morgan fingerprint density at radius 2 is 0.971 bits per heavy atom. The molecule has 0 amide bonds. The van der Waals surface area contributed by atoms with E-state index in [1.165, 1.54) is 21.9 Å². The second-order valence-corrected chi connectivity index (χ2v) is 8.53. The average Bonchev–Trinajstić information content (AvgIpc) is 3.45. The van der Waals surface area contributed by atoms with Crippen LogP contribution in [-0.4, -0.2) is 14.0 Å². The van der Waals surface area contributed by atoms with Crippen molar-refractivity contribution in [2.45, 2.75) is 0 Å². The number of fused-ring (bicyclic) bond motifs is 4. The summed E-state index contributed by atoms with van der Waals surface area (Å²) in [7, 11) is 0. The van der Waals surface area contributed by atoms with Gasteiger partial charge in [-0.1, -0.05) is 97.1 Å². The summed E-state index contributed by atoms with van der Waals surface area (Å²) in [4.78, 5) is 5.23. The highest BCUT2D eigenvalue weighted by Gasteiger charge is 2.18. The molecule has 0 unspecified atom stereocenters. The zero-order valence-electron chi connectivity index (χ0n) is 18.5. The van der Waals surface area contributed by atoms with E-state index in [-0.39, 0.29) is 0 Å². The van der Waals surface area contributed by atoms with Crippen LogP contribution in [0, 0.1) is 0 Å². The summed E-state index contributed by atoms with van der Waals surface area (Å²) >= 11 is 0. The number of hydrogen-bond donors (Lipinski definition) is 0. The van der Waals surface area contributed by atoms with Crippen LogP contribution in [-0.2, 0) is 0 Å². The second-order valence-electron chi connectivity index (χ2n) is 8.53. The quantitative estimate of drug-likeness (QED) is 0.278. The van der Waals surface area contributed by atoms with Gasteiger partial charge in [0.1, 0.15) is 0 Å². The fourth-order valence-electron chi connectivity index (χ4n) is 4.98. The molecule has 0 fully saturated rings. The van der Waals surface area contributed by atoms with Crippen LogP contribution in [0.1, 0.15) is 0 Å². The number of imidazole rings is 1. The Labute approximate surface area is 197 Å². The van der Waals surface area contributed by atoms with Gasteiger partial charge in [-0.3, -0.25) is 8.97 Å². The molecule has 0 spiro atoms. The lowest BCUT2D eigenvalue weighted by Crippen LogP contribution is -2.00. The number of hydrogen-bond acceptors (Lipinski definition) is 1. The van der Waals surface area contributed by atoms with Gasteiger partial charge in [-0.15, -0.1) is 0 Å². The molecule has 3 heterocycles. The summed E-state index contributed by atoms with van der Waals surface area (Å²) in [6.07, 6.45) is 2.10. The van der Waals surface area contributed by atoms with Crippen molar-refractivity contribution in [2.75, 3.05) is 0 Å². The van der Waals surface area contributed by atoms with Crippen molar-refractivity contribution in [3.63, 3.8) is 0 Å². The molecule has 7 rings (SSSR count). The first-order valence-electron chi connectivity index (χ1n) is 11.5. The minimum atomic E-state index is 0.898. The summed E-state index contributed by atoms with van der Waals surface area (Å²) in [5, 5.41) is 2.47. The third-order valence-electron chi connectivity index (χ3n) is 6.58. The minimum absolute atomic E-state index is 0.898. The lowest BCUT2D eigenvalue weighted by molar-refractivity contribution is 0.983. The molecule has 0 N–H and O–H groups in total. The highest BCUT2D eigenvalue weighted by molar-refractivity contribution is 6.09. The molecule has 0 bridgehead atoms. The first-order valence-corrected chi connectivity index (χ1v) is 11.5. The van der Waals surface area contributed by atoms with Gasteiger partial charge >= 0.3 is 0 Å². The van der Waals surface area contributed by atoms with Crippen LogP contribution in [0.25, 0.3) is 55.7 Å². The first-order chi connectivity index (χ1) is 16.9. The maximum Gasteiger partial charge on any atom is 0.220 e. The first kappa shape index (κ1) is 18.9. The van der Waals surface area contributed by atoms with E-state index in [0.29, 0.717) is 0 Å². The van der Waals surface area contributed by atoms with E-state index in [4.69, 9.17) is 4.98 Å². The van der Waals surface area contributed by atoms with Crippen molar-refractivity contribution in [2.24, 2.45) is 0 Å². The van der Waals surface area contributed by atoms with Gasteiger partial charge < -0.3 is 0 Å². The van der Waals surface area contributed by atoms with Crippen LogP contribution in [0.3, 0.4) is 0 Å². The smallest absolute Gasteiger partial charge is 0.220 e. The highest BCUT2D eigenvalue weighted by atomic mass is 15.2. The van der Waals surface area contributed by atoms with Gasteiger partial charge in [-0.2, -0.15) is 0 Å². The van der Waals surface area contributed by atoms with Crippen LogP contribution >= 0.6 is 0 Å². The normalized spacial score (nSPS) is 11.5. The van der Waals surface area contributed by atoms with Crippen LogP contribution in [0.5, 0.6) is 0 Å². The molecule has 0 aliphatic heterocycles. The van der Waals surface area contributed by atoms with Crippen molar-refractivity contribution < 1.29 is 0 Å². The van der Waals surface area contributed by atoms with Gasteiger partial charge in [0.05, 0.1) is 22.2 Å². The maximum absolute atomic E-state index is 5.23. The van der Waals surface area contributed by atoms with Gasteiger partial charge in [0.2, 0.25) is 5.95 Å². The van der Waals surface area contributed by atoms with E-state index in [2.05, 4.69) is 130 Å². The van der Waals surface area contributed by atoms with Gasteiger partial charge in [0.25, 0.3) is 0 Å². The predicted molar refractivity (Wildman–Crippen MR) is 140 cm³/mol. The standard InChI is InChI=1S/C31H21N3/c1-2-10-22(11-3-1)23-17-19-24(20-18-23)30-29-16-8-9-21-33(29)31(32-30)34-27-14-6-4-12-25(27)26-13-5-7-15-28(26)34/h1-21H. The van der Waals surface area contributed by atoms with E-state index in [1.54, 1.807) is 0 Å². The SMILES string of the molecule is c1ccc(-c2ccc(-c3nc(-n4c5ccccc5c5ccccc54)n4ccccc34)cc2)cc1. The van der Waals surface area contributed by atoms with Crippen molar-refractivity contribution >= 4 is 27.3 Å². The van der Waals surface area contributed by atoms with Crippen molar-refractivity contribution in [3.8, 4) is 28.3 Å². The Kier molecular flexibility index (Phi) is 4.15. The fourth-order valence-corrected chi connectivity index (χ4v) is 4.98. The molecule has 0 aliphatic rings. The maximum atomic E-state index is 5.23. The number of rotatable bonds is 3. The average molecular weight is 436 g/mol. The molecule has 4 aromatic carbocycles. The molecule has 3 heteroatoms. The summed E-state index contributed by atoms with van der Waals surface area (Å²) in [6.45, 7) is 0. The van der Waals surface area contributed by atoms with E-state index in [9.17, 15) is 0 Å². The highest BCUT2D eigenvalue weighted by Crippen LogP contribution is 2.34.